The van der Waals surface area contributed by atoms with Crippen LogP contribution in [0.2, 0.25) is 0 Å². The maximum Gasteiger partial charge on any atom is 0.220 e. The van der Waals surface area contributed by atoms with Gasteiger partial charge < -0.3 is 10.2 Å². The van der Waals surface area contributed by atoms with E-state index in [4.69, 9.17) is 0 Å². The first-order chi connectivity index (χ1) is 12.7. The fourth-order valence-corrected chi connectivity index (χ4v) is 4.37. The number of hydrogen-bond donors (Lipinski definition) is 1. The maximum absolute atomic E-state index is 13.9. The number of benzene rings is 1. The molecule has 0 radical (unpaired) electrons. The van der Waals surface area contributed by atoms with Crippen LogP contribution in [0.4, 0.5) is 10.1 Å². The maximum atomic E-state index is 13.9. The van der Waals surface area contributed by atoms with Gasteiger partial charge in [-0.1, -0.05) is 25.0 Å². The minimum atomic E-state index is -0.116. The summed E-state index contributed by atoms with van der Waals surface area (Å²) in [6, 6.07) is 7.08. The molecule has 4 nitrogen and oxygen atoms in total. The van der Waals surface area contributed by atoms with Crippen molar-refractivity contribution in [2.45, 2.75) is 38.5 Å². The minimum Gasteiger partial charge on any atom is -0.367 e. The van der Waals surface area contributed by atoms with Crippen molar-refractivity contribution in [3.63, 3.8) is 0 Å². The molecule has 0 unspecified atom stereocenters. The normalized spacial score (nSPS) is 24.5. The van der Waals surface area contributed by atoms with Crippen LogP contribution in [-0.2, 0) is 4.79 Å². The quantitative estimate of drug-likeness (QED) is 0.845. The summed E-state index contributed by atoms with van der Waals surface area (Å²) in [5.74, 6) is 1.45. The number of anilines is 1. The van der Waals surface area contributed by atoms with Crippen LogP contribution in [0, 0.1) is 17.7 Å². The first kappa shape index (κ1) is 19.2. The average molecular weight is 362 g/mol. The SMILES string of the molecule is CNC(=O)C[C@H]1CC[C@H](CCN2CCN(c3ccccc3F)CC2)CC1. The predicted molar refractivity (Wildman–Crippen MR) is 104 cm³/mol. The third-order valence-electron chi connectivity index (χ3n) is 6.14. The van der Waals surface area contributed by atoms with Crippen molar-refractivity contribution in [3.8, 4) is 0 Å². The second kappa shape index (κ2) is 9.36. The number of hydrogen-bond acceptors (Lipinski definition) is 3. The van der Waals surface area contributed by atoms with Crippen LogP contribution < -0.4 is 10.2 Å². The second-order valence-corrected chi connectivity index (χ2v) is 7.83. The van der Waals surface area contributed by atoms with Crippen LogP contribution in [0.5, 0.6) is 0 Å². The van der Waals surface area contributed by atoms with Gasteiger partial charge in [-0.3, -0.25) is 9.69 Å². The Morgan fingerprint density at radius 3 is 2.38 bits per heavy atom. The zero-order valence-corrected chi connectivity index (χ0v) is 15.9. The first-order valence-electron chi connectivity index (χ1n) is 10.1. The van der Waals surface area contributed by atoms with Crippen molar-refractivity contribution >= 4 is 11.6 Å². The Kier molecular flexibility index (Phi) is 6.89. The molecule has 1 aromatic rings. The Balaban J connectivity index is 1.35. The molecular formula is C21H32FN3O. The lowest BCUT2D eigenvalue weighted by molar-refractivity contribution is -0.121. The third kappa shape index (κ3) is 5.19. The largest absolute Gasteiger partial charge is 0.367 e. The summed E-state index contributed by atoms with van der Waals surface area (Å²) >= 11 is 0. The molecule has 1 saturated heterocycles. The number of nitrogens with zero attached hydrogens (tertiary/aromatic N) is 2. The standard InChI is InChI=1S/C21H32FN3O/c1-23-21(26)16-18-8-6-17(7-9-18)10-11-24-12-14-25(15-13-24)20-5-3-2-4-19(20)22/h2-5,17-18H,6-16H2,1H3,(H,23,26)/t17-,18-. The number of carbonyl (C=O) groups excluding carboxylic acids is 1. The molecule has 26 heavy (non-hydrogen) atoms. The number of para-hydroxylation sites is 1. The number of piperazine rings is 1. The van der Waals surface area contributed by atoms with Crippen LogP contribution in [0.1, 0.15) is 38.5 Å². The lowest BCUT2D eigenvalue weighted by Gasteiger charge is -2.37. The molecule has 144 valence electrons. The van der Waals surface area contributed by atoms with Crippen LogP contribution in [0.15, 0.2) is 24.3 Å². The van der Waals surface area contributed by atoms with E-state index in [-0.39, 0.29) is 11.7 Å². The number of rotatable bonds is 6. The van der Waals surface area contributed by atoms with Gasteiger partial charge in [-0.05, 0) is 49.8 Å². The van der Waals surface area contributed by atoms with Gasteiger partial charge in [0, 0.05) is 39.6 Å². The molecule has 1 aromatic carbocycles. The van der Waals surface area contributed by atoms with Gasteiger partial charge in [0.15, 0.2) is 0 Å². The van der Waals surface area contributed by atoms with Crippen LogP contribution in [0.25, 0.3) is 0 Å². The fourth-order valence-electron chi connectivity index (χ4n) is 4.37. The van der Waals surface area contributed by atoms with E-state index in [1.807, 2.05) is 12.1 Å². The van der Waals surface area contributed by atoms with Crippen molar-refractivity contribution in [1.82, 2.24) is 10.2 Å². The Morgan fingerprint density at radius 1 is 1.08 bits per heavy atom. The fraction of sp³-hybridized carbons (Fsp3) is 0.667. The van der Waals surface area contributed by atoms with E-state index in [1.54, 1.807) is 19.2 Å². The molecule has 1 saturated carbocycles. The van der Waals surface area contributed by atoms with E-state index in [0.717, 1.165) is 44.3 Å². The van der Waals surface area contributed by atoms with E-state index in [0.29, 0.717) is 12.3 Å². The Hall–Kier alpha value is -1.62. The molecule has 5 heteroatoms. The van der Waals surface area contributed by atoms with Gasteiger partial charge in [-0.25, -0.2) is 4.39 Å². The van der Waals surface area contributed by atoms with E-state index in [9.17, 15) is 9.18 Å². The predicted octanol–water partition coefficient (Wildman–Crippen LogP) is 3.28. The van der Waals surface area contributed by atoms with E-state index < -0.39 is 0 Å². The molecule has 0 aromatic heterocycles. The molecule has 1 heterocycles. The highest BCUT2D eigenvalue weighted by molar-refractivity contribution is 5.75. The smallest absolute Gasteiger partial charge is 0.220 e. The lowest BCUT2D eigenvalue weighted by atomic mass is 9.79. The van der Waals surface area contributed by atoms with Crippen molar-refractivity contribution in [2.75, 3.05) is 44.7 Å². The van der Waals surface area contributed by atoms with Crippen molar-refractivity contribution < 1.29 is 9.18 Å². The van der Waals surface area contributed by atoms with Gasteiger partial charge in [0.05, 0.1) is 5.69 Å². The van der Waals surface area contributed by atoms with Crippen molar-refractivity contribution in [1.29, 1.82) is 0 Å². The molecular weight excluding hydrogens is 329 g/mol. The molecule has 2 aliphatic rings. The molecule has 1 aliphatic heterocycles. The molecule has 0 spiro atoms. The van der Waals surface area contributed by atoms with Crippen molar-refractivity contribution in [3.05, 3.63) is 30.1 Å². The molecule has 1 N–H and O–H groups in total. The highest BCUT2D eigenvalue weighted by Gasteiger charge is 2.24. The topological polar surface area (TPSA) is 35.6 Å². The number of carbonyl (C=O) groups is 1. The molecule has 2 fully saturated rings. The Labute approximate surface area is 156 Å². The van der Waals surface area contributed by atoms with Gasteiger partial charge in [-0.15, -0.1) is 0 Å². The Morgan fingerprint density at radius 2 is 1.73 bits per heavy atom. The summed E-state index contributed by atoms with van der Waals surface area (Å²) in [6.45, 7) is 4.98. The molecule has 0 bridgehead atoms. The van der Waals surface area contributed by atoms with Gasteiger partial charge in [0.2, 0.25) is 5.91 Å². The van der Waals surface area contributed by atoms with Crippen LogP contribution >= 0.6 is 0 Å². The lowest BCUT2D eigenvalue weighted by Crippen LogP contribution is -2.47. The highest BCUT2D eigenvalue weighted by Crippen LogP contribution is 2.32. The molecule has 0 atom stereocenters. The molecule has 1 aliphatic carbocycles. The highest BCUT2D eigenvalue weighted by atomic mass is 19.1. The zero-order chi connectivity index (χ0) is 18.4. The van der Waals surface area contributed by atoms with Gasteiger partial charge in [0.1, 0.15) is 5.82 Å². The van der Waals surface area contributed by atoms with Crippen LogP contribution in [-0.4, -0.2) is 50.6 Å². The van der Waals surface area contributed by atoms with E-state index in [2.05, 4.69) is 15.1 Å². The summed E-state index contributed by atoms with van der Waals surface area (Å²) in [4.78, 5) is 16.2. The molecule has 3 rings (SSSR count). The van der Waals surface area contributed by atoms with E-state index >= 15 is 0 Å². The Bertz CT molecular complexity index is 578. The number of halogens is 1. The summed E-state index contributed by atoms with van der Waals surface area (Å²) in [6.07, 6.45) is 6.86. The van der Waals surface area contributed by atoms with Gasteiger partial charge in [-0.2, -0.15) is 0 Å². The zero-order valence-electron chi connectivity index (χ0n) is 15.9. The van der Waals surface area contributed by atoms with Gasteiger partial charge in [0.25, 0.3) is 0 Å². The summed E-state index contributed by atoms with van der Waals surface area (Å²) in [5.41, 5.74) is 0.738. The number of nitrogens with one attached hydrogen (secondary N) is 1. The summed E-state index contributed by atoms with van der Waals surface area (Å²) in [5, 5.41) is 2.74. The van der Waals surface area contributed by atoms with Crippen LogP contribution in [0.3, 0.4) is 0 Å². The minimum absolute atomic E-state index is 0.116. The number of amides is 1. The second-order valence-electron chi connectivity index (χ2n) is 7.83. The molecule has 1 amide bonds. The van der Waals surface area contributed by atoms with Crippen molar-refractivity contribution in [2.24, 2.45) is 11.8 Å². The monoisotopic (exact) mass is 361 g/mol. The average Bonchev–Trinajstić information content (AvgIpc) is 2.68. The summed E-state index contributed by atoms with van der Waals surface area (Å²) in [7, 11) is 1.72. The van der Waals surface area contributed by atoms with E-state index in [1.165, 1.54) is 32.1 Å². The first-order valence-corrected chi connectivity index (χ1v) is 10.1. The van der Waals surface area contributed by atoms with Gasteiger partial charge >= 0.3 is 0 Å². The summed E-state index contributed by atoms with van der Waals surface area (Å²) < 4.78 is 13.9. The third-order valence-corrected chi connectivity index (χ3v) is 6.14.